The van der Waals surface area contributed by atoms with Crippen LogP contribution < -0.4 is 10.2 Å². The maximum absolute atomic E-state index is 12.3. The van der Waals surface area contributed by atoms with E-state index in [0.717, 1.165) is 19.3 Å². The fourth-order valence-corrected chi connectivity index (χ4v) is 5.47. The zero-order chi connectivity index (χ0) is 19.3. The molecule has 0 bridgehead atoms. The number of aromatic nitrogens is 2. The fourth-order valence-electron chi connectivity index (χ4n) is 3.74. The molecule has 3 rings (SSSR count). The van der Waals surface area contributed by atoms with Gasteiger partial charge in [-0.25, -0.2) is 18.4 Å². The van der Waals surface area contributed by atoms with E-state index in [1.807, 2.05) is 11.8 Å². The van der Waals surface area contributed by atoms with Crippen LogP contribution in [0.1, 0.15) is 55.8 Å². The smallest absolute Gasteiger partial charge is 0.254 e. The molecule has 0 radical (unpaired) electrons. The summed E-state index contributed by atoms with van der Waals surface area (Å²) in [6, 6.07) is -0.0940. The molecular weight excluding hydrogens is 364 g/mol. The minimum absolute atomic E-state index is 0.0940. The first-order valence-electron chi connectivity index (χ1n) is 9.73. The molecule has 2 aliphatic rings. The van der Waals surface area contributed by atoms with Crippen LogP contribution in [0, 0.1) is 0 Å². The maximum Gasteiger partial charge on any atom is 0.254 e. The van der Waals surface area contributed by atoms with Crippen LogP contribution >= 0.6 is 0 Å². The first-order chi connectivity index (χ1) is 13.0. The second-order valence-electron chi connectivity index (χ2n) is 7.23. The fraction of sp³-hybridized carbons (Fsp3) is 0.632. The molecule has 1 aliphatic heterocycles. The van der Waals surface area contributed by atoms with E-state index in [9.17, 15) is 13.2 Å². The van der Waals surface area contributed by atoms with E-state index in [1.165, 1.54) is 30.8 Å². The van der Waals surface area contributed by atoms with Crippen LogP contribution in [0.15, 0.2) is 24.0 Å². The third-order valence-electron chi connectivity index (χ3n) is 5.26. The summed E-state index contributed by atoms with van der Waals surface area (Å²) in [7, 11) is -2.97. The van der Waals surface area contributed by atoms with E-state index in [4.69, 9.17) is 0 Å². The third-order valence-corrected chi connectivity index (χ3v) is 7.01. The Bertz CT molecular complexity index is 790. The zero-order valence-electron chi connectivity index (χ0n) is 15.9. The molecule has 148 valence electrons. The van der Waals surface area contributed by atoms with Crippen LogP contribution in [-0.2, 0) is 9.84 Å². The second-order valence-corrected chi connectivity index (χ2v) is 9.46. The van der Waals surface area contributed by atoms with Crippen LogP contribution in [-0.4, -0.2) is 54.9 Å². The molecular formula is C19H28N4O3S. The van der Waals surface area contributed by atoms with Crippen molar-refractivity contribution in [3.63, 3.8) is 0 Å². The molecule has 7 nitrogen and oxygen atoms in total. The Morgan fingerprint density at radius 1 is 1.30 bits per heavy atom. The molecule has 1 fully saturated rings. The summed E-state index contributed by atoms with van der Waals surface area (Å²) in [5.41, 5.74) is 1.85. The van der Waals surface area contributed by atoms with Gasteiger partial charge in [0.15, 0.2) is 9.84 Å². The molecule has 1 amide bonds. The molecule has 1 aromatic heterocycles. The number of carbonyl (C=O) groups excluding carboxylic acids is 1. The Morgan fingerprint density at radius 3 is 2.67 bits per heavy atom. The maximum atomic E-state index is 12.3. The van der Waals surface area contributed by atoms with Gasteiger partial charge in [0, 0.05) is 31.5 Å². The van der Waals surface area contributed by atoms with Gasteiger partial charge in [-0.1, -0.05) is 11.6 Å². The molecule has 0 saturated carbocycles. The molecule has 1 saturated heterocycles. The van der Waals surface area contributed by atoms with Crippen molar-refractivity contribution in [3.05, 3.63) is 29.6 Å². The summed E-state index contributed by atoms with van der Waals surface area (Å²) in [6.45, 7) is 3.20. The van der Waals surface area contributed by atoms with E-state index in [2.05, 4.69) is 21.4 Å². The lowest BCUT2D eigenvalue weighted by atomic mass is 9.97. The van der Waals surface area contributed by atoms with Crippen LogP contribution in [0.25, 0.3) is 0 Å². The lowest BCUT2D eigenvalue weighted by Gasteiger charge is -2.26. The molecule has 2 heterocycles. The number of nitrogens with zero attached hydrogens (tertiary/aromatic N) is 3. The highest BCUT2D eigenvalue weighted by molar-refractivity contribution is 7.91. The number of hydrogen-bond acceptors (Lipinski definition) is 6. The van der Waals surface area contributed by atoms with Crippen molar-refractivity contribution in [2.24, 2.45) is 0 Å². The summed E-state index contributed by atoms with van der Waals surface area (Å²) >= 11 is 0. The number of sulfone groups is 1. The summed E-state index contributed by atoms with van der Waals surface area (Å²) in [5, 5.41) is 2.92. The van der Waals surface area contributed by atoms with E-state index >= 15 is 0 Å². The predicted molar refractivity (Wildman–Crippen MR) is 106 cm³/mol. The van der Waals surface area contributed by atoms with Gasteiger partial charge in [-0.3, -0.25) is 4.79 Å². The summed E-state index contributed by atoms with van der Waals surface area (Å²) in [5.74, 6) is 0.654. The topological polar surface area (TPSA) is 92.3 Å². The highest BCUT2D eigenvalue weighted by Gasteiger charge is 2.32. The van der Waals surface area contributed by atoms with Crippen molar-refractivity contribution in [1.29, 1.82) is 0 Å². The highest BCUT2D eigenvalue weighted by atomic mass is 32.2. The van der Waals surface area contributed by atoms with E-state index < -0.39 is 9.84 Å². The van der Waals surface area contributed by atoms with Gasteiger partial charge >= 0.3 is 0 Å². The van der Waals surface area contributed by atoms with E-state index in [1.54, 1.807) is 0 Å². The average Bonchev–Trinajstić information content (AvgIpc) is 3.03. The quantitative estimate of drug-likeness (QED) is 0.715. The molecule has 8 heteroatoms. The van der Waals surface area contributed by atoms with Gasteiger partial charge in [-0.05, 0) is 45.4 Å². The Hall–Kier alpha value is -1.96. The lowest BCUT2D eigenvalue weighted by Crippen LogP contribution is -2.37. The molecule has 1 atom stereocenters. The predicted octanol–water partition coefficient (Wildman–Crippen LogP) is 2.11. The number of anilines is 1. The molecule has 1 N–H and O–H groups in total. The van der Waals surface area contributed by atoms with Crippen LogP contribution in [0.2, 0.25) is 0 Å². The molecule has 0 spiro atoms. The Morgan fingerprint density at radius 2 is 2.07 bits per heavy atom. The average molecular weight is 393 g/mol. The summed E-state index contributed by atoms with van der Waals surface area (Å²) in [6.07, 6.45) is 11.6. The number of rotatable bonds is 7. The SMILES string of the molecule is CCN(c1ncc(C(=O)NCCC2=CCCCC2)cn1)C1CCS(=O)(=O)C1. The second kappa shape index (κ2) is 8.82. The molecule has 1 aromatic rings. The lowest BCUT2D eigenvalue weighted by molar-refractivity contribution is 0.0953. The number of hydrogen-bond donors (Lipinski definition) is 1. The highest BCUT2D eigenvalue weighted by Crippen LogP contribution is 2.21. The van der Waals surface area contributed by atoms with Crippen LogP contribution in [0.5, 0.6) is 0 Å². The Kier molecular flexibility index (Phi) is 6.46. The van der Waals surface area contributed by atoms with E-state index in [-0.39, 0.29) is 23.5 Å². The Balaban J connectivity index is 1.55. The van der Waals surface area contributed by atoms with Gasteiger partial charge in [0.25, 0.3) is 5.91 Å². The van der Waals surface area contributed by atoms with Gasteiger partial charge in [0.2, 0.25) is 5.95 Å². The standard InChI is InChI=1S/C19H28N4O3S/c1-2-23(17-9-11-27(25,26)14-17)19-21-12-16(13-22-19)18(24)20-10-8-15-6-4-3-5-7-15/h6,12-13,17H,2-5,7-11,14H2,1H3,(H,20,24). The summed E-state index contributed by atoms with van der Waals surface area (Å²) < 4.78 is 23.5. The summed E-state index contributed by atoms with van der Waals surface area (Å²) in [4.78, 5) is 22.8. The Labute approximate surface area is 161 Å². The largest absolute Gasteiger partial charge is 0.352 e. The van der Waals surface area contributed by atoms with Crippen molar-refractivity contribution in [3.8, 4) is 0 Å². The van der Waals surface area contributed by atoms with Crippen LogP contribution in [0.4, 0.5) is 5.95 Å². The van der Waals surface area contributed by atoms with Gasteiger partial charge in [-0.15, -0.1) is 0 Å². The van der Waals surface area contributed by atoms with Crippen molar-refractivity contribution in [1.82, 2.24) is 15.3 Å². The minimum atomic E-state index is -2.97. The first kappa shape index (κ1) is 19.8. The molecule has 1 aliphatic carbocycles. The van der Waals surface area contributed by atoms with E-state index in [0.29, 0.717) is 31.0 Å². The van der Waals surface area contributed by atoms with Gasteiger partial charge in [0.05, 0.1) is 17.1 Å². The van der Waals surface area contributed by atoms with Crippen LogP contribution in [0.3, 0.4) is 0 Å². The number of nitrogens with one attached hydrogen (secondary N) is 1. The monoisotopic (exact) mass is 392 g/mol. The molecule has 27 heavy (non-hydrogen) atoms. The number of carbonyl (C=O) groups is 1. The number of amides is 1. The molecule has 0 aromatic carbocycles. The van der Waals surface area contributed by atoms with Gasteiger partial charge in [-0.2, -0.15) is 0 Å². The van der Waals surface area contributed by atoms with Crippen molar-refractivity contribution in [2.75, 3.05) is 29.5 Å². The van der Waals surface area contributed by atoms with Crippen molar-refractivity contribution < 1.29 is 13.2 Å². The van der Waals surface area contributed by atoms with Gasteiger partial charge in [0.1, 0.15) is 0 Å². The number of allylic oxidation sites excluding steroid dienone is 1. The zero-order valence-corrected chi connectivity index (χ0v) is 16.7. The van der Waals surface area contributed by atoms with Crippen molar-refractivity contribution >= 4 is 21.7 Å². The molecule has 1 unspecified atom stereocenters. The third kappa shape index (κ3) is 5.28. The van der Waals surface area contributed by atoms with Gasteiger partial charge < -0.3 is 10.2 Å². The van der Waals surface area contributed by atoms with Crippen molar-refractivity contribution in [2.45, 2.75) is 51.5 Å². The minimum Gasteiger partial charge on any atom is -0.352 e. The normalized spacial score (nSPS) is 21.5. The first-order valence-corrected chi connectivity index (χ1v) is 11.6.